The van der Waals surface area contributed by atoms with E-state index in [2.05, 4.69) is 12.1 Å². The van der Waals surface area contributed by atoms with Gasteiger partial charge in [0.25, 0.3) is 0 Å². The number of amides is 2. The van der Waals surface area contributed by atoms with Crippen LogP contribution in [0, 0.1) is 0 Å². The molecule has 130 valence electrons. The molecule has 0 bridgehead atoms. The molecule has 2 heterocycles. The van der Waals surface area contributed by atoms with Crippen LogP contribution in [0.3, 0.4) is 0 Å². The summed E-state index contributed by atoms with van der Waals surface area (Å²) in [5.74, 6) is 0.173. The molecule has 0 fully saturated rings. The van der Waals surface area contributed by atoms with E-state index in [-0.39, 0.29) is 12.0 Å². The lowest BCUT2D eigenvalue weighted by Crippen LogP contribution is -2.38. The molecule has 3 rings (SSSR count). The maximum Gasteiger partial charge on any atom is 0.410 e. The number of nitrogens with zero attached hydrogens (tertiary/aromatic N) is 2. The van der Waals surface area contributed by atoms with E-state index in [1.807, 2.05) is 27.8 Å². The Hall–Kier alpha value is -2.04. The van der Waals surface area contributed by atoms with Crippen molar-refractivity contribution in [2.45, 2.75) is 52.1 Å². The van der Waals surface area contributed by atoms with Crippen LogP contribution in [0.25, 0.3) is 0 Å². The Morgan fingerprint density at radius 3 is 2.25 bits per heavy atom. The molecule has 0 saturated carbocycles. The first-order valence-corrected chi connectivity index (χ1v) is 8.64. The lowest BCUT2D eigenvalue weighted by atomic mass is 9.93. The van der Waals surface area contributed by atoms with E-state index in [0.717, 1.165) is 24.9 Å². The quantitative estimate of drug-likeness (QED) is 0.735. The molecule has 1 aromatic rings. The largest absolute Gasteiger partial charge is 0.444 e. The first-order valence-electron chi connectivity index (χ1n) is 8.64. The number of ether oxygens (including phenoxy) is 1. The molecule has 1 aromatic carbocycles. The van der Waals surface area contributed by atoms with Crippen LogP contribution in [0.5, 0.6) is 0 Å². The molecule has 0 unspecified atom stereocenters. The normalized spacial score (nSPS) is 17.9. The van der Waals surface area contributed by atoms with Gasteiger partial charge >= 0.3 is 6.09 Å². The van der Waals surface area contributed by atoms with E-state index in [1.54, 1.807) is 9.80 Å². The molecule has 5 nitrogen and oxygen atoms in total. The number of rotatable bonds is 0. The summed E-state index contributed by atoms with van der Waals surface area (Å²) >= 11 is 0. The maximum atomic E-state index is 12.3. The molecule has 5 heteroatoms. The molecule has 0 aliphatic carbocycles. The van der Waals surface area contributed by atoms with Gasteiger partial charge in [0.05, 0.1) is 0 Å². The SMILES string of the molecule is CN1C(=O)CCc2cc3c(cc21)CCN(C(=O)OC(C)(C)C)CC3. The Kier molecular flexibility index (Phi) is 4.28. The van der Waals surface area contributed by atoms with Gasteiger partial charge < -0.3 is 14.5 Å². The van der Waals surface area contributed by atoms with Crippen molar-refractivity contribution in [1.29, 1.82) is 0 Å². The summed E-state index contributed by atoms with van der Waals surface area (Å²) in [7, 11) is 1.84. The monoisotopic (exact) mass is 330 g/mol. The van der Waals surface area contributed by atoms with Crippen molar-refractivity contribution < 1.29 is 14.3 Å². The van der Waals surface area contributed by atoms with Gasteiger partial charge in [0, 0.05) is 32.2 Å². The zero-order chi connectivity index (χ0) is 17.5. The molecule has 0 atom stereocenters. The molecule has 0 radical (unpaired) electrons. The van der Waals surface area contributed by atoms with Crippen LogP contribution in [0.4, 0.5) is 10.5 Å². The third-order valence-corrected chi connectivity index (χ3v) is 4.70. The second-order valence-corrected chi connectivity index (χ2v) is 7.67. The Bertz CT molecular complexity index is 676. The number of benzene rings is 1. The van der Waals surface area contributed by atoms with Gasteiger partial charge in [-0.2, -0.15) is 0 Å². The predicted molar refractivity (Wildman–Crippen MR) is 93.4 cm³/mol. The minimum Gasteiger partial charge on any atom is -0.444 e. The lowest BCUT2D eigenvalue weighted by Gasteiger charge is -2.27. The summed E-state index contributed by atoms with van der Waals surface area (Å²) in [5, 5.41) is 0. The fourth-order valence-corrected chi connectivity index (χ4v) is 3.38. The summed E-state index contributed by atoms with van der Waals surface area (Å²) < 4.78 is 5.50. The standard InChI is InChI=1S/C19H26N2O3/c1-19(2,3)24-18(23)21-9-7-13-11-15-5-6-17(22)20(4)16(15)12-14(13)8-10-21/h11-12H,5-10H2,1-4H3. The fraction of sp³-hybridized carbons (Fsp3) is 0.579. The van der Waals surface area contributed by atoms with Crippen LogP contribution in [0.1, 0.15) is 43.9 Å². The number of carbonyl (C=O) groups excluding carboxylic acids is 2. The Labute approximate surface area is 143 Å². The molecule has 0 N–H and O–H groups in total. The van der Waals surface area contributed by atoms with Gasteiger partial charge in [-0.1, -0.05) is 6.07 Å². The van der Waals surface area contributed by atoms with E-state index in [0.29, 0.717) is 19.5 Å². The van der Waals surface area contributed by atoms with Crippen LogP contribution in [0.15, 0.2) is 12.1 Å². The average molecular weight is 330 g/mol. The van der Waals surface area contributed by atoms with Gasteiger partial charge in [-0.25, -0.2) is 4.79 Å². The van der Waals surface area contributed by atoms with Gasteiger partial charge in [-0.05, 0) is 62.8 Å². The zero-order valence-electron chi connectivity index (χ0n) is 15.0. The third-order valence-electron chi connectivity index (χ3n) is 4.70. The summed E-state index contributed by atoms with van der Waals surface area (Å²) in [5.41, 5.74) is 4.32. The van der Waals surface area contributed by atoms with Crippen LogP contribution >= 0.6 is 0 Å². The predicted octanol–water partition coefficient (Wildman–Crippen LogP) is 2.93. The summed E-state index contributed by atoms with van der Waals surface area (Å²) in [6, 6.07) is 4.37. The van der Waals surface area contributed by atoms with Crippen molar-refractivity contribution in [2.75, 3.05) is 25.0 Å². The molecule has 0 aromatic heterocycles. The Morgan fingerprint density at radius 1 is 1.00 bits per heavy atom. The van der Waals surface area contributed by atoms with Crippen molar-refractivity contribution in [3.63, 3.8) is 0 Å². The summed E-state index contributed by atoms with van der Waals surface area (Å²) in [6.07, 6.45) is 2.77. The molecule has 24 heavy (non-hydrogen) atoms. The van der Waals surface area contributed by atoms with E-state index < -0.39 is 5.60 Å². The van der Waals surface area contributed by atoms with Crippen molar-refractivity contribution in [1.82, 2.24) is 4.90 Å². The second kappa shape index (κ2) is 6.11. The highest BCUT2D eigenvalue weighted by Gasteiger charge is 2.27. The van der Waals surface area contributed by atoms with Crippen LogP contribution in [-0.4, -0.2) is 42.6 Å². The molecule has 0 saturated heterocycles. The molecular weight excluding hydrogens is 304 g/mol. The van der Waals surface area contributed by atoms with Gasteiger partial charge in [0.15, 0.2) is 0 Å². The fourth-order valence-electron chi connectivity index (χ4n) is 3.38. The van der Waals surface area contributed by atoms with Crippen molar-refractivity contribution >= 4 is 17.7 Å². The topological polar surface area (TPSA) is 49.9 Å². The number of carbonyl (C=O) groups is 2. The minimum absolute atomic E-state index is 0.173. The van der Waals surface area contributed by atoms with E-state index in [9.17, 15) is 9.59 Å². The van der Waals surface area contributed by atoms with Crippen molar-refractivity contribution in [3.8, 4) is 0 Å². The Morgan fingerprint density at radius 2 is 1.62 bits per heavy atom. The number of fused-ring (bicyclic) bond motifs is 2. The molecule has 2 amide bonds. The number of anilines is 1. The zero-order valence-corrected chi connectivity index (χ0v) is 15.0. The number of hydrogen-bond acceptors (Lipinski definition) is 3. The van der Waals surface area contributed by atoms with Crippen LogP contribution in [0.2, 0.25) is 0 Å². The van der Waals surface area contributed by atoms with Gasteiger partial charge in [0.2, 0.25) is 5.91 Å². The van der Waals surface area contributed by atoms with E-state index >= 15 is 0 Å². The highest BCUT2D eigenvalue weighted by molar-refractivity contribution is 5.96. The average Bonchev–Trinajstić information content (AvgIpc) is 2.70. The van der Waals surface area contributed by atoms with Crippen LogP contribution in [-0.2, 0) is 28.8 Å². The van der Waals surface area contributed by atoms with Gasteiger partial charge in [0.1, 0.15) is 5.60 Å². The van der Waals surface area contributed by atoms with E-state index in [1.165, 1.54) is 16.7 Å². The first-order chi connectivity index (χ1) is 11.2. The lowest BCUT2D eigenvalue weighted by molar-refractivity contribution is -0.118. The maximum absolute atomic E-state index is 12.3. The summed E-state index contributed by atoms with van der Waals surface area (Å²) in [4.78, 5) is 27.8. The Balaban J connectivity index is 1.79. The van der Waals surface area contributed by atoms with Gasteiger partial charge in [-0.15, -0.1) is 0 Å². The molecule has 2 aliphatic rings. The minimum atomic E-state index is -0.474. The van der Waals surface area contributed by atoms with Crippen molar-refractivity contribution in [3.05, 3.63) is 28.8 Å². The molecule has 0 spiro atoms. The number of aryl methyl sites for hydroxylation is 1. The van der Waals surface area contributed by atoms with Crippen molar-refractivity contribution in [2.24, 2.45) is 0 Å². The smallest absolute Gasteiger partial charge is 0.410 e. The highest BCUT2D eigenvalue weighted by Crippen LogP contribution is 2.31. The summed E-state index contributed by atoms with van der Waals surface area (Å²) in [6.45, 7) is 6.99. The van der Waals surface area contributed by atoms with Crippen LogP contribution < -0.4 is 4.90 Å². The third kappa shape index (κ3) is 3.40. The molecule has 2 aliphatic heterocycles. The first kappa shape index (κ1) is 16.8. The number of hydrogen-bond donors (Lipinski definition) is 0. The highest BCUT2D eigenvalue weighted by atomic mass is 16.6. The van der Waals surface area contributed by atoms with E-state index in [4.69, 9.17) is 4.74 Å². The van der Waals surface area contributed by atoms with Gasteiger partial charge in [-0.3, -0.25) is 4.79 Å². The second-order valence-electron chi connectivity index (χ2n) is 7.67. The molecular formula is C19H26N2O3.